The number of nitrogens with one attached hydrogen (secondary N) is 1. The molecule has 0 spiro atoms. The van der Waals surface area contributed by atoms with Gasteiger partial charge in [0.1, 0.15) is 17.1 Å². The summed E-state index contributed by atoms with van der Waals surface area (Å²) in [5.74, 6) is 0.328. The van der Waals surface area contributed by atoms with Crippen LogP contribution in [0.1, 0.15) is 0 Å². The molecule has 0 aliphatic heterocycles. The number of anilines is 1. The second-order valence-corrected chi connectivity index (χ2v) is 6.03. The number of methoxy groups -OCH3 is 1. The second kappa shape index (κ2) is 5.82. The lowest BCUT2D eigenvalue weighted by atomic mass is 10.3. The van der Waals surface area contributed by atoms with E-state index in [9.17, 15) is 8.42 Å². The van der Waals surface area contributed by atoms with Gasteiger partial charge in [-0.25, -0.2) is 18.4 Å². The third-order valence-corrected chi connectivity index (χ3v) is 4.41. The van der Waals surface area contributed by atoms with E-state index in [1.54, 1.807) is 12.1 Å². The molecule has 1 aromatic carbocycles. The average molecular weight is 334 g/mol. The second-order valence-electron chi connectivity index (χ2n) is 3.61. The number of rotatable bonds is 4. The molecule has 0 unspecified atom stereocenters. The van der Waals surface area contributed by atoms with Crippen LogP contribution in [0.5, 0.6) is 5.75 Å². The molecular formula is C11H9Cl2N3O3S. The molecule has 106 valence electrons. The van der Waals surface area contributed by atoms with E-state index in [2.05, 4.69) is 14.7 Å². The van der Waals surface area contributed by atoms with Crippen molar-refractivity contribution in [3.05, 3.63) is 40.8 Å². The van der Waals surface area contributed by atoms with Gasteiger partial charge in [0.2, 0.25) is 0 Å². The van der Waals surface area contributed by atoms with Crippen molar-refractivity contribution in [2.75, 3.05) is 11.8 Å². The molecule has 2 rings (SSSR count). The van der Waals surface area contributed by atoms with E-state index in [1.165, 1.54) is 19.2 Å². The SMILES string of the molecule is COc1cccc(S(=O)(=O)Nc2ncnc(Cl)c2Cl)c1. The Balaban J connectivity index is 2.38. The average Bonchev–Trinajstić information content (AvgIpc) is 2.44. The predicted molar refractivity (Wildman–Crippen MR) is 75.9 cm³/mol. The van der Waals surface area contributed by atoms with Gasteiger partial charge in [0.25, 0.3) is 10.0 Å². The van der Waals surface area contributed by atoms with Crippen molar-refractivity contribution in [1.29, 1.82) is 0 Å². The van der Waals surface area contributed by atoms with Crippen LogP contribution in [-0.2, 0) is 10.0 Å². The van der Waals surface area contributed by atoms with Gasteiger partial charge in [0, 0.05) is 6.07 Å². The number of sulfonamides is 1. The fraction of sp³-hybridized carbons (Fsp3) is 0.0909. The highest BCUT2D eigenvalue weighted by Gasteiger charge is 2.18. The molecular weight excluding hydrogens is 325 g/mol. The number of halogens is 2. The zero-order valence-corrected chi connectivity index (χ0v) is 12.5. The Kier molecular flexibility index (Phi) is 4.32. The monoisotopic (exact) mass is 333 g/mol. The number of aromatic nitrogens is 2. The maximum Gasteiger partial charge on any atom is 0.263 e. The van der Waals surface area contributed by atoms with Crippen LogP contribution in [0.4, 0.5) is 5.82 Å². The highest BCUT2D eigenvalue weighted by Crippen LogP contribution is 2.27. The van der Waals surface area contributed by atoms with E-state index >= 15 is 0 Å². The molecule has 1 heterocycles. The first-order chi connectivity index (χ1) is 9.44. The summed E-state index contributed by atoms with van der Waals surface area (Å²) in [5.41, 5.74) is 0. The molecule has 0 amide bonds. The lowest BCUT2D eigenvalue weighted by Crippen LogP contribution is -2.14. The first-order valence-electron chi connectivity index (χ1n) is 5.27. The lowest BCUT2D eigenvalue weighted by Gasteiger charge is -2.09. The minimum Gasteiger partial charge on any atom is -0.497 e. The number of hydrogen-bond acceptors (Lipinski definition) is 5. The molecule has 0 fully saturated rings. The van der Waals surface area contributed by atoms with Crippen LogP contribution < -0.4 is 9.46 Å². The smallest absolute Gasteiger partial charge is 0.263 e. The Morgan fingerprint density at radius 3 is 2.70 bits per heavy atom. The lowest BCUT2D eigenvalue weighted by molar-refractivity contribution is 0.413. The highest BCUT2D eigenvalue weighted by atomic mass is 35.5. The largest absolute Gasteiger partial charge is 0.497 e. The zero-order chi connectivity index (χ0) is 14.8. The first-order valence-corrected chi connectivity index (χ1v) is 7.51. The quantitative estimate of drug-likeness (QED) is 0.869. The molecule has 0 radical (unpaired) electrons. The van der Waals surface area contributed by atoms with Gasteiger partial charge in [-0.15, -0.1) is 0 Å². The molecule has 0 atom stereocenters. The van der Waals surface area contributed by atoms with Crippen molar-refractivity contribution >= 4 is 39.0 Å². The summed E-state index contributed by atoms with van der Waals surface area (Å²) in [5, 5.41) is -0.106. The maximum absolute atomic E-state index is 12.2. The Morgan fingerprint density at radius 2 is 2.00 bits per heavy atom. The number of nitrogens with zero attached hydrogens (tertiary/aromatic N) is 2. The number of benzene rings is 1. The normalized spacial score (nSPS) is 11.2. The molecule has 20 heavy (non-hydrogen) atoms. The Morgan fingerprint density at radius 1 is 1.25 bits per heavy atom. The minimum atomic E-state index is -3.85. The van der Waals surface area contributed by atoms with Gasteiger partial charge in [0.15, 0.2) is 11.0 Å². The van der Waals surface area contributed by atoms with Crippen molar-refractivity contribution in [3.8, 4) is 5.75 Å². The van der Waals surface area contributed by atoms with E-state index < -0.39 is 10.0 Å². The fourth-order valence-corrected chi connectivity index (χ4v) is 2.76. The topological polar surface area (TPSA) is 81.2 Å². The van der Waals surface area contributed by atoms with Crippen LogP contribution in [0.2, 0.25) is 10.2 Å². The molecule has 1 N–H and O–H groups in total. The molecule has 0 aliphatic rings. The standard InChI is InChI=1S/C11H9Cl2N3O3S/c1-19-7-3-2-4-8(5-7)20(17,18)16-11-9(12)10(13)14-6-15-11/h2-6H,1H3,(H,14,15,16). The van der Waals surface area contributed by atoms with E-state index in [1.807, 2.05) is 0 Å². The van der Waals surface area contributed by atoms with Crippen LogP contribution in [0, 0.1) is 0 Å². The summed E-state index contributed by atoms with van der Waals surface area (Å²) in [6.07, 6.45) is 1.11. The number of ether oxygens (including phenoxy) is 1. The summed E-state index contributed by atoms with van der Waals surface area (Å²) in [6, 6.07) is 5.98. The van der Waals surface area contributed by atoms with Crippen LogP contribution in [0.15, 0.2) is 35.5 Å². The van der Waals surface area contributed by atoms with Crippen LogP contribution in [0.25, 0.3) is 0 Å². The van der Waals surface area contributed by atoms with Crippen LogP contribution >= 0.6 is 23.2 Å². The Labute approximate surface area is 125 Å². The fourth-order valence-electron chi connectivity index (χ4n) is 1.37. The molecule has 0 bridgehead atoms. The molecule has 0 aliphatic carbocycles. The van der Waals surface area contributed by atoms with Crippen LogP contribution in [-0.4, -0.2) is 25.5 Å². The first kappa shape index (κ1) is 14.8. The van der Waals surface area contributed by atoms with Gasteiger partial charge in [0.05, 0.1) is 12.0 Å². The van der Waals surface area contributed by atoms with Gasteiger partial charge in [-0.3, -0.25) is 4.72 Å². The summed E-state index contributed by atoms with van der Waals surface area (Å²) in [7, 11) is -2.40. The van der Waals surface area contributed by atoms with Crippen molar-refractivity contribution in [2.45, 2.75) is 4.90 Å². The van der Waals surface area contributed by atoms with Gasteiger partial charge in [-0.2, -0.15) is 0 Å². The molecule has 6 nitrogen and oxygen atoms in total. The molecule has 9 heteroatoms. The van der Waals surface area contributed by atoms with E-state index in [-0.39, 0.29) is 20.9 Å². The molecule has 2 aromatic rings. The maximum atomic E-state index is 12.2. The van der Waals surface area contributed by atoms with Gasteiger partial charge in [-0.05, 0) is 12.1 Å². The predicted octanol–water partition coefficient (Wildman–Crippen LogP) is 2.59. The molecule has 0 saturated carbocycles. The summed E-state index contributed by atoms with van der Waals surface area (Å²) < 4.78 is 31.6. The van der Waals surface area contributed by atoms with E-state index in [0.29, 0.717) is 5.75 Å². The summed E-state index contributed by atoms with van der Waals surface area (Å²) in [6.45, 7) is 0. The highest BCUT2D eigenvalue weighted by molar-refractivity contribution is 7.92. The van der Waals surface area contributed by atoms with Crippen molar-refractivity contribution in [3.63, 3.8) is 0 Å². The molecule has 1 aromatic heterocycles. The van der Waals surface area contributed by atoms with Gasteiger partial charge >= 0.3 is 0 Å². The third kappa shape index (κ3) is 3.12. The zero-order valence-electron chi connectivity index (χ0n) is 10.2. The van der Waals surface area contributed by atoms with Crippen LogP contribution in [0.3, 0.4) is 0 Å². The summed E-state index contributed by atoms with van der Waals surface area (Å²) in [4.78, 5) is 7.40. The van der Waals surface area contributed by atoms with Crippen molar-refractivity contribution in [2.24, 2.45) is 0 Å². The Bertz CT molecular complexity index is 737. The van der Waals surface area contributed by atoms with E-state index in [4.69, 9.17) is 27.9 Å². The number of hydrogen-bond donors (Lipinski definition) is 1. The van der Waals surface area contributed by atoms with Gasteiger partial charge < -0.3 is 4.74 Å². The summed E-state index contributed by atoms with van der Waals surface area (Å²) >= 11 is 11.5. The Hall–Kier alpha value is -1.57. The molecule has 0 saturated heterocycles. The van der Waals surface area contributed by atoms with Crippen molar-refractivity contribution in [1.82, 2.24) is 9.97 Å². The van der Waals surface area contributed by atoms with Gasteiger partial charge in [-0.1, -0.05) is 29.3 Å². The third-order valence-electron chi connectivity index (χ3n) is 2.33. The van der Waals surface area contributed by atoms with Crippen molar-refractivity contribution < 1.29 is 13.2 Å². The van der Waals surface area contributed by atoms with E-state index in [0.717, 1.165) is 6.33 Å². The minimum absolute atomic E-state index is 0.0163.